The van der Waals surface area contributed by atoms with Crippen molar-refractivity contribution in [2.24, 2.45) is 11.8 Å². The summed E-state index contributed by atoms with van der Waals surface area (Å²) in [6, 6.07) is 7.84. The van der Waals surface area contributed by atoms with Crippen molar-refractivity contribution in [2.75, 3.05) is 26.2 Å². The van der Waals surface area contributed by atoms with Gasteiger partial charge in [-0.1, -0.05) is 28.1 Å². The molecule has 2 saturated heterocycles. The van der Waals surface area contributed by atoms with E-state index in [4.69, 9.17) is 4.74 Å². The molecular formula is C20H25BrN2O4. The van der Waals surface area contributed by atoms with Crippen LogP contribution < -0.4 is 0 Å². The highest BCUT2D eigenvalue weighted by Crippen LogP contribution is 2.26. The van der Waals surface area contributed by atoms with Crippen LogP contribution in [0.5, 0.6) is 0 Å². The van der Waals surface area contributed by atoms with Crippen molar-refractivity contribution >= 4 is 33.7 Å². The van der Waals surface area contributed by atoms with Gasteiger partial charge in [0.25, 0.3) is 0 Å². The number of esters is 1. The number of benzene rings is 1. The number of carbonyl (C=O) groups excluding carboxylic acids is 3. The van der Waals surface area contributed by atoms with Crippen LogP contribution in [0.2, 0.25) is 0 Å². The molecule has 27 heavy (non-hydrogen) atoms. The lowest BCUT2D eigenvalue weighted by Gasteiger charge is -2.33. The van der Waals surface area contributed by atoms with Crippen molar-refractivity contribution in [2.45, 2.75) is 32.7 Å². The topological polar surface area (TPSA) is 66.9 Å². The molecule has 146 valence electrons. The van der Waals surface area contributed by atoms with Gasteiger partial charge < -0.3 is 14.5 Å². The van der Waals surface area contributed by atoms with Crippen LogP contribution in [0.4, 0.5) is 0 Å². The zero-order valence-corrected chi connectivity index (χ0v) is 17.1. The van der Waals surface area contributed by atoms with Crippen LogP contribution in [0.1, 0.15) is 31.7 Å². The number of carbonyl (C=O) groups is 3. The smallest absolute Gasteiger partial charge is 0.310 e. The molecule has 0 N–H and O–H groups in total. The average Bonchev–Trinajstić information content (AvgIpc) is 3.02. The van der Waals surface area contributed by atoms with E-state index >= 15 is 0 Å². The van der Waals surface area contributed by atoms with E-state index in [1.54, 1.807) is 16.7 Å². The molecule has 2 heterocycles. The summed E-state index contributed by atoms with van der Waals surface area (Å²) >= 11 is 3.44. The first-order valence-electron chi connectivity index (χ1n) is 9.45. The van der Waals surface area contributed by atoms with Crippen LogP contribution in [0.25, 0.3) is 0 Å². The summed E-state index contributed by atoms with van der Waals surface area (Å²) in [5, 5.41) is 0. The quantitative estimate of drug-likeness (QED) is 0.665. The van der Waals surface area contributed by atoms with Gasteiger partial charge in [0.2, 0.25) is 11.8 Å². The molecule has 7 heteroatoms. The zero-order valence-electron chi connectivity index (χ0n) is 15.5. The van der Waals surface area contributed by atoms with Crippen LogP contribution in [0.3, 0.4) is 0 Å². The zero-order chi connectivity index (χ0) is 19.4. The van der Waals surface area contributed by atoms with Gasteiger partial charge in [0.15, 0.2) is 0 Å². The highest BCUT2D eigenvalue weighted by Gasteiger charge is 2.38. The van der Waals surface area contributed by atoms with Gasteiger partial charge in [-0.05, 0) is 37.5 Å². The van der Waals surface area contributed by atoms with Gasteiger partial charge in [-0.2, -0.15) is 0 Å². The molecule has 2 aliphatic heterocycles. The van der Waals surface area contributed by atoms with Gasteiger partial charge in [-0.15, -0.1) is 0 Å². The van der Waals surface area contributed by atoms with E-state index < -0.39 is 0 Å². The Bertz CT molecular complexity index is 724. The van der Waals surface area contributed by atoms with E-state index in [9.17, 15) is 14.4 Å². The van der Waals surface area contributed by atoms with E-state index in [0.717, 1.165) is 22.9 Å². The van der Waals surface area contributed by atoms with Gasteiger partial charge in [0.05, 0.1) is 18.4 Å². The van der Waals surface area contributed by atoms with E-state index in [2.05, 4.69) is 15.9 Å². The molecule has 2 aliphatic rings. The Kier molecular flexibility index (Phi) is 6.52. The summed E-state index contributed by atoms with van der Waals surface area (Å²) in [5.41, 5.74) is 1.03. The lowest BCUT2D eigenvalue weighted by molar-refractivity contribution is -0.152. The van der Waals surface area contributed by atoms with Crippen molar-refractivity contribution in [1.29, 1.82) is 0 Å². The van der Waals surface area contributed by atoms with Crippen LogP contribution in [-0.2, 0) is 25.7 Å². The lowest BCUT2D eigenvalue weighted by atomic mass is 9.96. The normalized spacial score (nSPS) is 22.8. The lowest BCUT2D eigenvalue weighted by Crippen LogP contribution is -2.45. The Morgan fingerprint density at radius 1 is 1.26 bits per heavy atom. The molecule has 0 spiro atoms. The Labute approximate surface area is 168 Å². The SMILES string of the molecule is CCOC(=O)[C@@H]1CCCN(C(=O)[C@@H]2CC(=O)N(Cc3cccc(Br)c3)C2)C1. The number of likely N-dealkylation sites (tertiary alicyclic amines) is 2. The first-order valence-corrected chi connectivity index (χ1v) is 10.2. The Morgan fingerprint density at radius 3 is 2.81 bits per heavy atom. The fourth-order valence-electron chi connectivity index (χ4n) is 3.83. The summed E-state index contributed by atoms with van der Waals surface area (Å²) < 4.78 is 6.07. The molecular weight excluding hydrogens is 412 g/mol. The molecule has 6 nitrogen and oxygen atoms in total. The average molecular weight is 437 g/mol. The van der Waals surface area contributed by atoms with Gasteiger partial charge in [0.1, 0.15) is 0 Å². The first kappa shape index (κ1) is 19.9. The van der Waals surface area contributed by atoms with E-state index in [1.165, 1.54) is 0 Å². The molecule has 0 unspecified atom stereocenters. The Balaban J connectivity index is 1.59. The highest BCUT2D eigenvalue weighted by atomic mass is 79.9. The van der Waals surface area contributed by atoms with Crippen LogP contribution in [0, 0.1) is 11.8 Å². The fraction of sp³-hybridized carbons (Fsp3) is 0.550. The molecule has 2 amide bonds. The molecule has 0 aliphatic carbocycles. The number of ether oxygens (including phenoxy) is 1. The number of rotatable bonds is 5. The third-order valence-electron chi connectivity index (χ3n) is 5.18. The third kappa shape index (κ3) is 4.89. The van der Waals surface area contributed by atoms with E-state index in [1.807, 2.05) is 24.3 Å². The number of hydrogen-bond acceptors (Lipinski definition) is 4. The summed E-state index contributed by atoms with van der Waals surface area (Å²) in [6.07, 6.45) is 1.78. The van der Waals surface area contributed by atoms with Gasteiger partial charge in [-0.25, -0.2) is 0 Å². The molecule has 1 aromatic carbocycles. The number of hydrogen-bond donors (Lipinski definition) is 0. The minimum absolute atomic E-state index is 0.00674. The molecule has 2 atom stereocenters. The largest absolute Gasteiger partial charge is 0.466 e. The van der Waals surface area contributed by atoms with Crippen LogP contribution in [0.15, 0.2) is 28.7 Å². The molecule has 0 aromatic heterocycles. The number of amides is 2. The van der Waals surface area contributed by atoms with Gasteiger partial charge in [0, 0.05) is 37.1 Å². The maximum absolute atomic E-state index is 12.9. The molecule has 0 radical (unpaired) electrons. The van der Waals surface area contributed by atoms with Gasteiger partial charge >= 0.3 is 5.97 Å². The molecule has 0 bridgehead atoms. The predicted molar refractivity (Wildman–Crippen MR) is 104 cm³/mol. The van der Waals surface area contributed by atoms with Crippen molar-refractivity contribution < 1.29 is 19.1 Å². The number of nitrogens with zero attached hydrogens (tertiary/aromatic N) is 2. The Morgan fingerprint density at radius 2 is 2.07 bits per heavy atom. The summed E-state index contributed by atoms with van der Waals surface area (Å²) in [6.45, 7) is 4.12. The number of halogens is 1. The maximum atomic E-state index is 12.9. The molecule has 2 fully saturated rings. The van der Waals surface area contributed by atoms with Crippen molar-refractivity contribution in [1.82, 2.24) is 9.80 Å². The van der Waals surface area contributed by atoms with Gasteiger partial charge in [-0.3, -0.25) is 14.4 Å². The van der Waals surface area contributed by atoms with Crippen LogP contribution >= 0.6 is 15.9 Å². The van der Waals surface area contributed by atoms with Crippen molar-refractivity contribution in [3.05, 3.63) is 34.3 Å². The molecule has 1 aromatic rings. The Hall–Kier alpha value is -1.89. The third-order valence-corrected chi connectivity index (χ3v) is 5.67. The van der Waals surface area contributed by atoms with E-state index in [0.29, 0.717) is 32.8 Å². The number of piperidine rings is 1. The maximum Gasteiger partial charge on any atom is 0.310 e. The fourth-order valence-corrected chi connectivity index (χ4v) is 4.28. The van der Waals surface area contributed by atoms with Crippen molar-refractivity contribution in [3.63, 3.8) is 0 Å². The second-order valence-electron chi connectivity index (χ2n) is 7.18. The summed E-state index contributed by atoms with van der Waals surface area (Å²) in [5.74, 6) is -0.821. The van der Waals surface area contributed by atoms with Crippen molar-refractivity contribution in [3.8, 4) is 0 Å². The van der Waals surface area contributed by atoms with E-state index in [-0.39, 0.29) is 36.0 Å². The summed E-state index contributed by atoms with van der Waals surface area (Å²) in [4.78, 5) is 40.8. The molecule has 3 rings (SSSR count). The minimum Gasteiger partial charge on any atom is -0.466 e. The van der Waals surface area contributed by atoms with Crippen LogP contribution in [-0.4, -0.2) is 53.8 Å². The predicted octanol–water partition coefficient (Wildman–Crippen LogP) is 2.60. The molecule has 0 saturated carbocycles. The first-order chi connectivity index (χ1) is 13.0. The standard InChI is InChI=1S/C20H25BrN2O4/c1-2-27-20(26)15-6-4-8-22(12-15)19(25)16-10-18(24)23(13-16)11-14-5-3-7-17(21)9-14/h3,5,7,9,15-16H,2,4,6,8,10-13H2,1H3/t15-,16-/m1/s1. The highest BCUT2D eigenvalue weighted by molar-refractivity contribution is 9.10. The minimum atomic E-state index is -0.328. The monoisotopic (exact) mass is 436 g/mol. The second-order valence-corrected chi connectivity index (χ2v) is 8.10. The summed E-state index contributed by atoms with van der Waals surface area (Å²) in [7, 11) is 0. The second kappa shape index (κ2) is 8.87.